The zero-order chi connectivity index (χ0) is 29.2. The van der Waals surface area contributed by atoms with Crippen molar-refractivity contribution in [1.82, 2.24) is 0 Å². The smallest absolute Gasteiger partial charge is 0.373 e. The van der Waals surface area contributed by atoms with Crippen LogP contribution >= 0.6 is 0 Å². The fraction of sp³-hybridized carbons (Fsp3) is 0.641. The molecular formula is C39H55BN2. The molecule has 4 aliphatic carbocycles. The lowest BCUT2D eigenvalue weighted by atomic mass is 9.43. The van der Waals surface area contributed by atoms with Gasteiger partial charge >= 0.3 is 6.98 Å². The Labute approximate surface area is 256 Å². The van der Waals surface area contributed by atoms with Crippen LogP contribution in [0.15, 0.2) is 60.2 Å². The Kier molecular flexibility index (Phi) is 7.34. The molecule has 3 heteroatoms. The zero-order valence-corrected chi connectivity index (χ0v) is 27.3. The minimum absolute atomic E-state index is 0.316. The van der Waals surface area contributed by atoms with Crippen LogP contribution in [0, 0.1) is 52.3 Å². The largest absolute Gasteiger partial charge is 0.409 e. The molecule has 0 aromatic heterocycles. The van der Waals surface area contributed by atoms with E-state index >= 15 is 0 Å². The van der Waals surface area contributed by atoms with Gasteiger partial charge in [0.25, 0.3) is 0 Å². The number of hydrogen-bond donors (Lipinski definition) is 2. The summed E-state index contributed by atoms with van der Waals surface area (Å²) < 4.78 is 0. The molecule has 0 unspecified atom stereocenters. The molecule has 2 aromatic rings. The summed E-state index contributed by atoms with van der Waals surface area (Å²) >= 11 is 0. The second-order valence-corrected chi connectivity index (χ2v) is 16.0. The van der Waals surface area contributed by atoms with Crippen LogP contribution in [0.1, 0.15) is 99.3 Å². The molecule has 2 aromatic carbocycles. The highest BCUT2D eigenvalue weighted by Crippen LogP contribution is 2.68. The van der Waals surface area contributed by atoms with E-state index in [4.69, 9.17) is 0 Å². The normalized spacial score (nSPS) is 37.0. The van der Waals surface area contributed by atoms with Crippen molar-refractivity contribution < 1.29 is 0 Å². The summed E-state index contributed by atoms with van der Waals surface area (Å²) in [7, 11) is 0. The Balaban J connectivity index is 1.07. The van der Waals surface area contributed by atoms with Gasteiger partial charge in [-0.3, -0.25) is 0 Å². The lowest BCUT2D eigenvalue weighted by Gasteiger charge is -2.58. The Morgan fingerprint density at radius 1 is 0.905 bits per heavy atom. The minimum Gasteiger partial charge on any atom is -0.409 e. The number of hydrogen-bond acceptors (Lipinski definition) is 2. The van der Waals surface area contributed by atoms with Gasteiger partial charge in [0, 0.05) is 16.8 Å². The molecule has 2 nitrogen and oxygen atoms in total. The molecule has 0 radical (unpaired) electrons. The number of anilines is 2. The highest BCUT2D eigenvalue weighted by molar-refractivity contribution is 6.69. The lowest BCUT2D eigenvalue weighted by molar-refractivity contribution is -0.0463. The van der Waals surface area contributed by atoms with Crippen molar-refractivity contribution in [3.63, 3.8) is 0 Å². The van der Waals surface area contributed by atoms with Crippen LogP contribution in [0.3, 0.4) is 0 Å². The second-order valence-electron chi connectivity index (χ2n) is 16.0. The first kappa shape index (κ1) is 28.6. The van der Waals surface area contributed by atoms with E-state index in [0.717, 1.165) is 35.5 Å². The quantitative estimate of drug-likeness (QED) is 0.270. The number of nitrogens with one attached hydrogen (secondary N) is 2. The Morgan fingerprint density at radius 3 is 2.33 bits per heavy atom. The van der Waals surface area contributed by atoms with Crippen LogP contribution < -0.4 is 10.5 Å². The molecule has 2 N–H and O–H groups in total. The SMILES string of the molecule is CC[C@H](/C=C/[C@@H](C)[C@H]1CC[C@H]2[C@@H]3CC=C4C[C@@H](B5Nc6cccc7cccc(c67)N5)CC[C@]4(C)[C@H]3CC[C@]12C)C(C)C. The van der Waals surface area contributed by atoms with E-state index in [9.17, 15) is 0 Å². The molecule has 3 saturated carbocycles. The predicted molar refractivity (Wildman–Crippen MR) is 183 cm³/mol. The maximum atomic E-state index is 3.93. The molecule has 0 bridgehead atoms. The fourth-order valence-electron chi connectivity index (χ4n) is 11.3. The van der Waals surface area contributed by atoms with Crippen molar-refractivity contribution in [2.45, 2.75) is 105 Å². The van der Waals surface area contributed by atoms with Crippen LogP contribution in [-0.4, -0.2) is 6.98 Å². The van der Waals surface area contributed by atoms with E-state index in [1.165, 1.54) is 79.9 Å². The Morgan fingerprint density at radius 2 is 1.64 bits per heavy atom. The van der Waals surface area contributed by atoms with Crippen molar-refractivity contribution in [2.24, 2.45) is 52.3 Å². The Bertz CT molecular complexity index is 1330. The molecule has 3 fully saturated rings. The first-order chi connectivity index (χ1) is 20.2. The van der Waals surface area contributed by atoms with Gasteiger partial charge in [-0.05, 0) is 127 Å². The van der Waals surface area contributed by atoms with Crippen molar-refractivity contribution in [2.75, 3.05) is 10.5 Å². The van der Waals surface area contributed by atoms with Gasteiger partial charge in [-0.1, -0.05) is 96.0 Å². The molecule has 1 heterocycles. The summed E-state index contributed by atoms with van der Waals surface area (Å²) in [6, 6.07) is 13.4. The molecule has 224 valence electrons. The zero-order valence-electron chi connectivity index (χ0n) is 27.3. The molecule has 0 spiro atoms. The van der Waals surface area contributed by atoms with Crippen molar-refractivity contribution in [3.8, 4) is 0 Å². The monoisotopic (exact) mass is 562 g/mol. The van der Waals surface area contributed by atoms with Gasteiger partial charge in [-0.25, -0.2) is 0 Å². The first-order valence-corrected chi connectivity index (χ1v) is 17.7. The number of rotatable bonds is 6. The van der Waals surface area contributed by atoms with Gasteiger partial charge in [-0.15, -0.1) is 0 Å². The summed E-state index contributed by atoms with van der Waals surface area (Å²) in [5.41, 5.74) is 5.34. The standard InChI is InChI=1S/C39H55BN2/c1-7-27(25(2)3)15-14-26(4)32-18-19-33-31-17-16-29-24-30(20-22-38(29,5)34(31)21-23-39(32,33)6)40-41-35-12-8-10-28-11-9-13-36(42-40)37(28)35/h8-16,25-27,30-34,41-42H,7,17-24H2,1-6H3/b15-14+/t26-,27-,30+,31+,32-,33+,34+,38+,39-/m1/s1. The molecule has 7 rings (SSSR count). The van der Waals surface area contributed by atoms with Crippen molar-refractivity contribution >= 4 is 29.1 Å². The molecule has 42 heavy (non-hydrogen) atoms. The van der Waals surface area contributed by atoms with Crippen LogP contribution in [0.2, 0.25) is 5.82 Å². The van der Waals surface area contributed by atoms with Gasteiger partial charge in [0.05, 0.1) is 0 Å². The summed E-state index contributed by atoms with van der Waals surface area (Å²) in [4.78, 5) is 0. The van der Waals surface area contributed by atoms with Crippen LogP contribution in [0.4, 0.5) is 11.4 Å². The van der Waals surface area contributed by atoms with Crippen LogP contribution in [0.25, 0.3) is 10.8 Å². The molecule has 0 saturated heterocycles. The highest BCUT2D eigenvalue weighted by Gasteiger charge is 2.59. The number of benzene rings is 2. The third-order valence-electron chi connectivity index (χ3n) is 13.8. The second kappa shape index (κ2) is 10.8. The van der Waals surface area contributed by atoms with Gasteiger partial charge in [0.1, 0.15) is 0 Å². The average Bonchev–Trinajstić information content (AvgIpc) is 3.34. The van der Waals surface area contributed by atoms with Gasteiger partial charge < -0.3 is 10.5 Å². The summed E-state index contributed by atoms with van der Waals surface area (Å²) in [5.74, 6) is 6.36. The maximum Gasteiger partial charge on any atom is 0.373 e. The summed E-state index contributed by atoms with van der Waals surface area (Å²) in [6.07, 6.45) is 20.3. The lowest BCUT2D eigenvalue weighted by Crippen LogP contribution is -2.51. The third kappa shape index (κ3) is 4.50. The van der Waals surface area contributed by atoms with Crippen LogP contribution in [-0.2, 0) is 0 Å². The van der Waals surface area contributed by atoms with Crippen molar-refractivity contribution in [1.29, 1.82) is 0 Å². The van der Waals surface area contributed by atoms with E-state index in [2.05, 4.69) is 107 Å². The Hall–Kier alpha value is -2.16. The van der Waals surface area contributed by atoms with E-state index in [1.807, 2.05) is 0 Å². The van der Waals surface area contributed by atoms with Gasteiger partial charge in [0.15, 0.2) is 0 Å². The molecule has 9 atom stereocenters. The summed E-state index contributed by atoms with van der Waals surface area (Å²) in [6.45, 7) is 15.4. The van der Waals surface area contributed by atoms with Crippen LogP contribution in [0.5, 0.6) is 0 Å². The molecule has 0 amide bonds. The van der Waals surface area contributed by atoms with E-state index < -0.39 is 0 Å². The molecule has 5 aliphatic rings. The van der Waals surface area contributed by atoms with E-state index in [-0.39, 0.29) is 0 Å². The average molecular weight is 563 g/mol. The van der Waals surface area contributed by atoms with Gasteiger partial charge in [-0.2, -0.15) is 0 Å². The summed E-state index contributed by atoms with van der Waals surface area (Å²) in [5, 5.41) is 10.5. The maximum absolute atomic E-state index is 3.93. The first-order valence-electron chi connectivity index (χ1n) is 17.7. The number of fused-ring (bicyclic) bond motifs is 5. The van der Waals surface area contributed by atoms with Crippen molar-refractivity contribution in [3.05, 3.63) is 60.2 Å². The minimum atomic E-state index is 0.316. The predicted octanol–water partition coefficient (Wildman–Crippen LogP) is 11.0. The fourth-order valence-corrected chi connectivity index (χ4v) is 11.3. The highest BCUT2D eigenvalue weighted by atomic mass is 15.0. The topological polar surface area (TPSA) is 24.1 Å². The molecular weight excluding hydrogens is 507 g/mol. The van der Waals surface area contributed by atoms with E-state index in [1.54, 1.807) is 5.57 Å². The third-order valence-corrected chi connectivity index (χ3v) is 13.8. The number of allylic oxidation sites excluding steroid dienone is 4. The van der Waals surface area contributed by atoms with Gasteiger partial charge in [0.2, 0.25) is 0 Å². The molecule has 1 aliphatic heterocycles. The van der Waals surface area contributed by atoms with E-state index in [0.29, 0.717) is 29.5 Å².